The first-order chi connectivity index (χ1) is 12.6. The fourth-order valence-electron chi connectivity index (χ4n) is 2.47. The van der Waals surface area contributed by atoms with Crippen LogP contribution in [0, 0.1) is 6.92 Å². The third kappa shape index (κ3) is 4.54. The lowest BCUT2D eigenvalue weighted by Gasteiger charge is -2.09. The minimum Gasteiger partial charge on any atom is -0.347 e. The standard InChI is InChI=1S/C19H19N5O2/c1-14-4-2-3-5-15(14)10-18(25)21-11-19(26)23-16-6-8-17(9-7-16)24-13-20-12-22-24/h2-9,12-13H,10-11H2,1H3,(H,21,25)(H,23,26). The summed E-state index contributed by atoms with van der Waals surface area (Å²) in [4.78, 5) is 27.9. The molecule has 2 aromatic carbocycles. The molecule has 0 aliphatic rings. The number of nitrogens with one attached hydrogen (secondary N) is 2. The lowest BCUT2D eigenvalue weighted by atomic mass is 10.1. The molecule has 0 atom stereocenters. The third-order valence-electron chi connectivity index (χ3n) is 3.89. The maximum atomic E-state index is 12.0. The first kappa shape index (κ1) is 17.3. The van der Waals surface area contributed by atoms with Gasteiger partial charge in [-0.05, 0) is 42.3 Å². The van der Waals surface area contributed by atoms with Crippen LogP contribution in [0.3, 0.4) is 0 Å². The van der Waals surface area contributed by atoms with Gasteiger partial charge in [0.15, 0.2) is 0 Å². The fourth-order valence-corrected chi connectivity index (χ4v) is 2.47. The van der Waals surface area contributed by atoms with Crippen LogP contribution in [0.2, 0.25) is 0 Å². The minimum atomic E-state index is -0.281. The molecular formula is C19H19N5O2. The van der Waals surface area contributed by atoms with Crippen LogP contribution < -0.4 is 10.6 Å². The number of hydrogen-bond acceptors (Lipinski definition) is 4. The number of benzene rings is 2. The first-order valence-electron chi connectivity index (χ1n) is 8.18. The van der Waals surface area contributed by atoms with Gasteiger partial charge in [0.05, 0.1) is 18.7 Å². The first-order valence-corrected chi connectivity index (χ1v) is 8.18. The van der Waals surface area contributed by atoms with Crippen LogP contribution in [0.15, 0.2) is 61.2 Å². The van der Waals surface area contributed by atoms with Crippen LogP contribution in [0.25, 0.3) is 5.69 Å². The predicted molar refractivity (Wildman–Crippen MR) is 97.9 cm³/mol. The molecule has 7 heteroatoms. The molecule has 0 saturated carbocycles. The summed E-state index contributed by atoms with van der Waals surface area (Å²) in [5.41, 5.74) is 3.49. The Morgan fingerprint density at radius 2 is 1.81 bits per heavy atom. The second-order valence-corrected chi connectivity index (χ2v) is 5.82. The molecule has 0 aliphatic carbocycles. The van der Waals surface area contributed by atoms with E-state index in [-0.39, 0.29) is 24.8 Å². The average Bonchev–Trinajstić information content (AvgIpc) is 3.17. The van der Waals surface area contributed by atoms with E-state index in [4.69, 9.17) is 0 Å². The van der Waals surface area contributed by atoms with Gasteiger partial charge in [0.2, 0.25) is 11.8 Å². The molecule has 0 aliphatic heterocycles. The molecule has 7 nitrogen and oxygen atoms in total. The molecule has 3 rings (SSSR count). The zero-order valence-electron chi connectivity index (χ0n) is 14.3. The highest BCUT2D eigenvalue weighted by atomic mass is 16.2. The lowest BCUT2D eigenvalue weighted by molar-refractivity contribution is -0.123. The van der Waals surface area contributed by atoms with Crippen molar-refractivity contribution in [1.82, 2.24) is 20.1 Å². The molecule has 0 spiro atoms. The quantitative estimate of drug-likeness (QED) is 0.711. The molecule has 2 N–H and O–H groups in total. The summed E-state index contributed by atoms with van der Waals surface area (Å²) in [6, 6.07) is 14.9. The molecule has 3 aromatic rings. The van der Waals surface area contributed by atoms with Gasteiger partial charge in [-0.2, -0.15) is 5.10 Å². The summed E-state index contributed by atoms with van der Waals surface area (Å²) >= 11 is 0. The van der Waals surface area contributed by atoms with Crippen molar-refractivity contribution in [3.8, 4) is 5.69 Å². The number of aromatic nitrogens is 3. The Morgan fingerprint density at radius 3 is 2.50 bits per heavy atom. The van der Waals surface area contributed by atoms with Crippen molar-refractivity contribution in [3.63, 3.8) is 0 Å². The van der Waals surface area contributed by atoms with Gasteiger partial charge in [-0.15, -0.1) is 0 Å². The smallest absolute Gasteiger partial charge is 0.243 e. The zero-order chi connectivity index (χ0) is 18.4. The maximum absolute atomic E-state index is 12.0. The summed E-state index contributed by atoms with van der Waals surface area (Å²) in [7, 11) is 0. The number of hydrogen-bond donors (Lipinski definition) is 2. The van der Waals surface area contributed by atoms with E-state index in [1.807, 2.05) is 43.3 Å². The van der Waals surface area contributed by atoms with Crippen LogP contribution in [0.5, 0.6) is 0 Å². The van der Waals surface area contributed by atoms with E-state index < -0.39 is 0 Å². The Hall–Kier alpha value is -3.48. The van der Waals surface area contributed by atoms with Crippen molar-refractivity contribution in [2.24, 2.45) is 0 Å². The van der Waals surface area contributed by atoms with E-state index in [0.717, 1.165) is 16.8 Å². The Balaban J connectivity index is 1.48. The van der Waals surface area contributed by atoms with Gasteiger partial charge in [0.25, 0.3) is 0 Å². The normalized spacial score (nSPS) is 10.3. The van der Waals surface area contributed by atoms with Crippen molar-refractivity contribution in [2.45, 2.75) is 13.3 Å². The molecule has 0 bridgehead atoms. The molecule has 0 saturated heterocycles. The summed E-state index contributed by atoms with van der Waals surface area (Å²) in [5, 5.41) is 9.42. The monoisotopic (exact) mass is 349 g/mol. The highest BCUT2D eigenvalue weighted by Gasteiger charge is 2.08. The van der Waals surface area contributed by atoms with Crippen molar-refractivity contribution < 1.29 is 9.59 Å². The molecule has 0 unspecified atom stereocenters. The van der Waals surface area contributed by atoms with Crippen molar-refractivity contribution in [3.05, 3.63) is 72.3 Å². The Morgan fingerprint density at radius 1 is 1.04 bits per heavy atom. The summed E-state index contributed by atoms with van der Waals surface area (Å²) < 4.78 is 1.62. The SMILES string of the molecule is Cc1ccccc1CC(=O)NCC(=O)Nc1ccc(-n2cncn2)cc1. The molecule has 1 heterocycles. The van der Waals surface area contributed by atoms with E-state index in [0.29, 0.717) is 5.69 Å². The minimum absolute atomic E-state index is 0.0739. The Kier molecular flexibility index (Phi) is 5.38. The maximum Gasteiger partial charge on any atom is 0.243 e. The van der Waals surface area contributed by atoms with E-state index >= 15 is 0 Å². The van der Waals surface area contributed by atoms with Gasteiger partial charge >= 0.3 is 0 Å². The van der Waals surface area contributed by atoms with Crippen LogP contribution >= 0.6 is 0 Å². The highest BCUT2D eigenvalue weighted by molar-refractivity contribution is 5.94. The molecule has 0 radical (unpaired) electrons. The number of aryl methyl sites for hydroxylation is 1. The van der Waals surface area contributed by atoms with E-state index in [1.54, 1.807) is 23.1 Å². The van der Waals surface area contributed by atoms with Crippen LogP contribution in [0.1, 0.15) is 11.1 Å². The van der Waals surface area contributed by atoms with Crippen LogP contribution in [-0.2, 0) is 16.0 Å². The molecule has 1 aromatic heterocycles. The number of carbonyl (C=O) groups excluding carboxylic acids is 2. The predicted octanol–water partition coefficient (Wildman–Crippen LogP) is 1.87. The third-order valence-corrected chi connectivity index (χ3v) is 3.89. The zero-order valence-corrected chi connectivity index (χ0v) is 14.3. The number of rotatable bonds is 6. The van der Waals surface area contributed by atoms with Crippen molar-refractivity contribution >= 4 is 17.5 Å². The number of nitrogens with zero attached hydrogens (tertiary/aromatic N) is 3. The molecule has 0 fully saturated rings. The Bertz CT molecular complexity index is 889. The van der Waals surface area contributed by atoms with Gasteiger partial charge in [0.1, 0.15) is 12.7 Å². The van der Waals surface area contributed by atoms with E-state index in [9.17, 15) is 9.59 Å². The second kappa shape index (κ2) is 8.06. The van der Waals surface area contributed by atoms with Gasteiger partial charge in [-0.3, -0.25) is 9.59 Å². The van der Waals surface area contributed by atoms with E-state index in [1.165, 1.54) is 6.33 Å². The van der Waals surface area contributed by atoms with Crippen molar-refractivity contribution in [1.29, 1.82) is 0 Å². The number of carbonyl (C=O) groups is 2. The van der Waals surface area contributed by atoms with Crippen LogP contribution in [-0.4, -0.2) is 33.1 Å². The largest absolute Gasteiger partial charge is 0.347 e. The van der Waals surface area contributed by atoms with E-state index in [2.05, 4.69) is 20.7 Å². The summed E-state index contributed by atoms with van der Waals surface area (Å²) in [6.45, 7) is 1.88. The lowest BCUT2D eigenvalue weighted by Crippen LogP contribution is -2.33. The summed E-state index contributed by atoms with van der Waals surface area (Å²) in [6.07, 6.45) is 3.30. The number of amides is 2. The Labute approximate surface area is 151 Å². The van der Waals surface area contributed by atoms with Gasteiger partial charge < -0.3 is 10.6 Å². The molecule has 132 valence electrons. The highest BCUT2D eigenvalue weighted by Crippen LogP contribution is 2.12. The summed E-state index contributed by atoms with van der Waals surface area (Å²) in [5.74, 6) is -0.465. The molecule has 26 heavy (non-hydrogen) atoms. The van der Waals surface area contributed by atoms with Gasteiger partial charge in [-0.1, -0.05) is 24.3 Å². The van der Waals surface area contributed by atoms with Gasteiger partial charge in [0, 0.05) is 5.69 Å². The molecular weight excluding hydrogens is 330 g/mol. The van der Waals surface area contributed by atoms with Crippen molar-refractivity contribution in [2.75, 3.05) is 11.9 Å². The van der Waals surface area contributed by atoms with Gasteiger partial charge in [-0.25, -0.2) is 9.67 Å². The molecule has 2 amide bonds. The average molecular weight is 349 g/mol. The van der Waals surface area contributed by atoms with Crippen LogP contribution in [0.4, 0.5) is 5.69 Å². The topological polar surface area (TPSA) is 88.9 Å². The fraction of sp³-hybridized carbons (Fsp3) is 0.158. The second-order valence-electron chi connectivity index (χ2n) is 5.82. The number of anilines is 1.